The molecule has 1 amide bonds. The number of halogens is 1. The standard InChI is InChI=1S/C24H32BrN5O2/c1-14(2)30-7-5-18(6-8-30)29-22-11-17(25)10-19(20(22)12-26)23(31)27-13-21-15(3)9-16(4)28-24(21)32/h9-12,14,18,26,29H,5-8,13H2,1-4H3,(H,27,31)(H,28,32). The number of likely N-dealkylation sites (tertiary alicyclic amines) is 1. The van der Waals surface area contributed by atoms with Crippen molar-refractivity contribution in [1.82, 2.24) is 15.2 Å². The quantitative estimate of drug-likeness (QED) is 0.431. The summed E-state index contributed by atoms with van der Waals surface area (Å²) in [6.07, 6.45) is 3.25. The van der Waals surface area contributed by atoms with Gasteiger partial charge in [0, 0.05) is 64.9 Å². The Morgan fingerprint density at radius 2 is 1.97 bits per heavy atom. The van der Waals surface area contributed by atoms with Gasteiger partial charge in [-0.3, -0.25) is 9.59 Å². The summed E-state index contributed by atoms with van der Waals surface area (Å²) in [4.78, 5) is 30.5. The number of aryl methyl sites for hydroxylation is 2. The molecule has 1 aromatic carbocycles. The van der Waals surface area contributed by atoms with E-state index in [1.54, 1.807) is 6.07 Å². The summed E-state index contributed by atoms with van der Waals surface area (Å²) in [6.45, 7) is 10.3. The minimum absolute atomic E-state index is 0.126. The highest BCUT2D eigenvalue weighted by Crippen LogP contribution is 2.27. The van der Waals surface area contributed by atoms with Gasteiger partial charge in [0.15, 0.2) is 0 Å². The molecule has 7 nitrogen and oxygen atoms in total. The van der Waals surface area contributed by atoms with Gasteiger partial charge in [0.25, 0.3) is 11.5 Å². The third kappa shape index (κ3) is 5.66. The number of benzene rings is 1. The molecule has 1 saturated heterocycles. The van der Waals surface area contributed by atoms with Crippen LogP contribution in [0.5, 0.6) is 0 Å². The highest BCUT2D eigenvalue weighted by molar-refractivity contribution is 9.10. The maximum absolute atomic E-state index is 13.0. The van der Waals surface area contributed by atoms with Gasteiger partial charge in [-0.05, 0) is 64.3 Å². The van der Waals surface area contributed by atoms with Crippen molar-refractivity contribution in [3.8, 4) is 0 Å². The predicted octanol–water partition coefficient (Wildman–Crippen LogP) is 3.97. The smallest absolute Gasteiger partial charge is 0.253 e. The molecule has 4 N–H and O–H groups in total. The van der Waals surface area contributed by atoms with Gasteiger partial charge in [-0.25, -0.2) is 0 Å². The lowest BCUT2D eigenvalue weighted by Gasteiger charge is -2.35. The number of nitrogens with zero attached hydrogens (tertiary/aromatic N) is 1. The van der Waals surface area contributed by atoms with Crippen molar-refractivity contribution in [3.05, 3.63) is 61.0 Å². The van der Waals surface area contributed by atoms with Crippen LogP contribution in [0.25, 0.3) is 0 Å². The Hall–Kier alpha value is -2.45. The van der Waals surface area contributed by atoms with Gasteiger partial charge in [0.1, 0.15) is 0 Å². The molecule has 0 aliphatic carbocycles. The van der Waals surface area contributed by atoms with Gasteiger partial charge in [0.05, 0.1) is 5.56 Å². The molecule has 1 aromatic heterocycles. The first kappa shape index (κ1) is 24.2. The molecule has 8 heteroatoms. The SMILES string of the molecule is Cc1cc(C)c(CNC(=O)c2cc(Br)cc(NC3CCN(C(C)C)CC3)c2C=N)c(=O)[nH]1. The van der Waals surface area contributed by atoms with E-state index in [-0.39, 0.29) is 18.0 Å². The number of piperidine rings is 1. The van der Waals surface area contributed by atoms with Crippen LogP contribution in [-0.4, -0.2) is 47.2 Å². The van der Waals surface area contributed by atoms with Crippen molar-refractivity contribution in [3.63, 3.8) is 0 Å². The molecule has 0 atom stereocenters. The van der Waals surface area contributed by atoms with E-state index in [9.17, 15) is 9.59 Å². The maximum atomic E-state index is 13.0. The molecular weight excluding hydrogens is 470 g/mol. The molecule has 0 spiro atoms. The van der Waals surface area contributed by atoms with Crippen LogP contribution in [0.1, 0.15) is 59.4 Å². The van der Waals surface area contributed by atoms with E-state index in [2.05, 4.69) is 50.3 Å². The Bertz CT molecular complexity index is 1060. The minimum atomic E-state index is -0.318. The summed E-state index contributed by atoms with van der Waals surface area (Å²) in [5, 5.41) is 14.4. The van der Waals surface area contributed by atoms with Crippen LogP contribution in [0.3, 0.4) is 0 Å². The monoisotopic (exact) mass is 501 g/mol. The van der Waals surface area contributed by atoms with E-state index >= 15 is 0 Å². The second-order valence-corrected chi connectivity index (χ2v) is 9.65. The molecular formula is C24H32BrN5O2. The number of hydrogen-bond acceptors (Lipinski definition) is 5. The molecule has 0 saturated carbocycles. The first-order valence-corrected chi connectivity index (χ1v) is 11.8. The molecule has 0 unspecified atom stereocenters. The molecule has 2 aromatic rings. The summed E-state index contributed by atoms with van der Waals surface area (Å²) in [5.41, 5.74) is 3.68. The number of aromatic amines is 1. The van der Waals surface area contributed by atoms with E-state index < -0.39 is 0 Å². The van der Waals surface area contributed by atoms with Crippen LogP contribution >= 0.6 is 15.9 Å². The summed E-state index contributed by atoms with van der Waals surface area (Å²) < 4.78 is 0.764. The second-order valence-electron chi connectivity index (χ2n) is 8.73. The molecule has 1 fully saturated rings. The number of carbonyl (C=O) groups is 1. The van der Waals surface area contributed by atoms with Gasteiger partial charge >= 0.3 is 0 Å². The number of rotatable bonds is 7. The van der Waals surface area contributed by atoms with Crippen LogP contribution in [0.2, 0.25) is 0 Å². The average Bonchev–Trinajstić information content (AvgIpc) is 2.72. The summed E-state index contributed by atoms with van der Waals surface area (Å²) in [6, 6.07) is 6.36. The summed E-state index contributed by atoms with van der Waals surface area (Å²) >= 11 is 3.51. The molecule has 0 bridgehead atoms. The average molecular weight is 502 g/mol. The number of aromatic nitrogens is 1. The third-order valence-corrected chi connectivity index (χ3v) is 6.53. The van der Waals surface area contributed by atoms with E-state index in [0.717, 1.165) is 47.3 Å². The van der Waals surface area contributed by atoms with Gasteiger partial charge in [-0.2, -0.15) is 0 Å². The van der Waals surface area contributed by atoms with Gasteiger partial charge in [-0.15, -0.1) is 0 Å². The first-order valence-electron chi connectivity index (χ1n) is 11.0. The zero-order valence-corrected chi connectivity index (χ0v) is 20.7. The van der Waals surface area contributed by atoms with Gasteiger partial charge in [-0.1, -0.05) is 15.9 Å². The Kier molecular flexibility index (Phi) is 7.90. The van der Waals surface area contributed by atoms with Crippen molar-refractivity contribution in [2.45, 2.75) is 59.2 Å². The molecule has 2 heterocycles. The van der Waals surface area contributed by atoms with Crippen molar-refractivity contribution in [2.75, 3.05) is 18.4 Å². The second kappa shape index (κ2) is 10.4. The molecule has 1 aliphatic heterocycles. The number of carbonyl (C=O) groups excluding carboxylic acids is 1. The maximum Gasteiger partial charge on any atom is 0.253 e. The van der Waals surface area contributed by atoms with E-state index in [1.165, 1.54) is 6.21 Å². The van der Waals surface area contributed by atoms with Crippen LogP contribution in [0, 0.1) is 19.3 Å². The first-order chi connectivity index (χ1) is 15.2. The molecule has 1 aliphatic rings. The lowest BCUT2D eigenvalue weighted by Crippen LogP contribution is -2.42. The molecule has 3 rings (SSSR count). The summed E-state index contributed by atoms with van der Waals surface area (Å²) in [7, 11) is 0. The van der Waals surface area contributed by atoms with E-state index in [4.69, 9.17) is 5.41 Å². The number of H-pyrrole nitrogens is 1. The number of anilines is 1. The van der Waals surface area contributed by atoms with Gasteiger partial charge in [0.2, 0.25) is 0 Å². The van der Waals surface area contributed by atoms with Crippen molar-refractivity contribution >= 4 is 33.7 Å². The summed E-state index contributed by atoms with van der Waals surface area (Å²) in [5.74, 6) is -0.318. The van der Waals surface area contributed by atoms with E-state index in [1.807, 2.05) is 26.0 Å². The lowest BCUT2D eigenvalue weighted by molar-refractivity contribution is 0.0950. The fourth-order valence-corrected chi connectivity index (χ4v) is 4.68. The number of amides is 1. The zero-order valence-electron chi connectivity index (χ0n) is 19.1. The van der Waals surface area contributed by atoms with Crippen molar-refractivity contribution in [1.29, 1.82) is 5.41 Å². The normalized spacial score (nSPS) is 15.1. The minimum Gasteiger partial charge on any atom is -0.382 e. The van der Waals surface area contributed by atoms with Gasteiger partial charge < -0.3 is 25.9 Å². The Morgan fingerprint density at radius 3 is 2.56 bits per heavy atom. The van der Waals surface area contributed by atoms with E-state index in [0.29, 0.717) is 28.8 Å². The molecule has 172 valence electrons. The van der Waals surface area contributed by atoms with Crippen molar-refractivity contribution < 1.29 is 4.79 Å². The molecule has 0 radical (unpaired) electrons. The van der Waals surface area contributed by atoms with Crippen LogP contribution in [0.4, 0.5) is 5.69 Å². The predicted molar refractivity (Wildman–Crippen MR) is 133 cm³/mol. The van der Waals surface area contributed by atoms with Crippen LogP contribution in [0.15, 0.2) is 27.5 Å². The van der Waals surface area contributed by atoms with Crippen molar-refractivity contribution in [2.24, 2.45) is 0 Å². The lowest BCUT2D eigenvalue weighted by atomic mass is 10.0. The third-order valence-electron chi connectivity index (χ3n) is 6.07. The van der Waals surface area contributed by atoms with Crippen LogP contribution in [-0.2, 0) is 6.54 Å². The largest absolute Gasteiger partial charge is 0.382 e. The highest BCUT2D eigenvalue weighted by atomic mass is 79.9. The topological polar surface area (TPSA) is 101 Å². The fourth-order valence-electron chi connectivity index (χ4n) is 4.23. The zero-order chi connectivity index (χ0) is 23.4. The fraction of sp³-hybridized carbons (Fsp3) is 0.458. The number of hydrogen-bond donors (Lipinski definition) is 4. The number of nitrogens with one attached hydrogen (secondary N) is 4. The Labute approximate surface area is 197 Å². The Balaban J connectivity index is 1.77. The highest BCUT2D eigenvalue weighted by Gasteiger charge is 2.23. The van der Waals surface area contributed by atoms with Crippen LogP contribution < -0.4 is 16.2 Å². The molecule has 32 heavy (non-hydrogen) atoms. The number of pyridine rings is 1. The Morgan fingerprint density at radius 1 is 1.28 bits per heavy atom.